The van der Waals surface area contributed by atoms with Crippen LogP contribution >= 0.6 is 0 Å². The van der Waals surface area contributed by atoms with E-state index in [4.69, 9.17) is 0 Å². The van der Waals surface area contributed by atoms with Crippen molar-refractivity contribution >= 4 is 11.7 Å². The van der Waals surface area contributed by atoms with E-state index >= 15 is 0 Å². The highest BCUT2D eigenvalue weighted by molar-refractivity contribution is 5.94. The fraction of sp³-hybridized carbons (Fsp3) is 0.278. The zero-order valence-corrected chi connectivity index (χ0v) is 15.3. The topological polar surface area (TPSA) is 97.6 Å². The average Bonchev–Trinajstić information content (AvgIpc) is 2.97. The molecule has 3 rings (SSSR count). The molecule has 0 saturated heterocycles. The minimum absolute atomic E-state index is 0.0327. The summed E-state index contributed by atoms with van der Waals surface area (Å²) in [7, 11) is 0. The van der Waals surface area contributed by atoms with Crippen molar-refractivity contribution in [2.45, 2.75) is 20.8 Å². The fourth-order valence-corrected chi connectivity index (χ4v) is 2.63. The first-order valence-electron chi connectivity index (χ1n) is 8.45. The van der Waals surface area contributed by atoms with Gasteiger partial charge < -0.3 is 10.6 Å². The van der Waals surface area contributed by atoms with Crippen LogP contribution in [0.4, 0.5) is 10.2 Å². The van der Waals surface area contributed by atoms with Crippen LogP contribution in [0.2, 0.25) is 0 Å². The van der Waals surface area contributed by atoms with Gasteiger partial charge in [0.1, 0.15) is 11.6 Å². The number of nitrogens with one attached hydrogen (secondary N) is 2. The number of nitrogens with zero attached hydrogens (tertiary/aromatic N) is 5. The summed E-state index contributed by atoms with van der Waals surface area (Å²) in [4.78, 5) is 24.3. The molecular formula is C18H20FN7O. The van der Waals surface area contributed by atoms with Crippen LogP contribution in [0.25, 0.3) is 5.82 Å². The number of pyridine rings is 1. The van der Waals surface area contributed by atoms with E-state index in [0.717, 1.165) is 17.6 Å². The van der Waals surface area contributed by atoms with Crippen LogP contribution in [-0.2, 0) is 0 Å². The third kappa shape index (κ3) is 4.43. The monoisotopic (exact) mass is 369 g/mol. The van der Waals surface area contributed by atoms with Gasteiger partial charge in [0.15, 0.2) is 11.6 Å². The first-order valence-corrected chi connectivity index (χ1v) is 8.45. The molecule has 0 saturated carbocycles. The Labute approximate surface area is 155 Å². The Balaban J connectivity index is 1.61. The van der Waals surface area contributed by atoms with Gasteiger partial charge in [-0.05, 0) is 32.9 Å². The lowest BCUT2D eigenvalue weighted by Crippen LogP contribution is -2.29. The van der Waals surface area contributed by atoms with Gasteiger partial charge in [-0.25, -0.2) is 19.0 Å². The van der Waals surface area contributed by atoms with Crippen molar-refractivity contribution in [1.82, 2.24) is 30.0 Å². The summed E-state index contributed by atoms with van der Waals surface area (Å²) in [5, 5.41) is 10.2. The molecule has 0 radical (unpaired) electrons. The molecule has 2 N–H and O–H groups in total. The predicted molar refractivity (Wildman–Crippen MR) is 98.4 cm³/mol. The van der Waals surface area contributed by atoms with Crippen LogP contribution in [0, 0.1) is 26.6 Å². The van der Waals surface area contributed by atoms with Crippen LogP contribution in [0.15, 0.2) is 30.6 Å². The number of hydrogen-bond donors (Lipinski definition) is 2. The quantitative estimate of drug-likeness (QED) is 0.645. The Morgan fingerprint density at radius 3 is 2.70 bits per heavy atom. The standard InChI is InChI=1S/C18H20FN7O/c1-11-8-12(2)26(25-11)17-9-16(23-13(3)24-17)21-6-7-22-18(27)14-4-5-20-10-15(14)19/h4-5,8-10H,6-7H2,1-3H3,(H,22,27)(H,21,23,24). The van der Waals surface area contributed by atoms with E-state index in [-0.39, 0.29) is 5.56 Å². The number of carbonyl (C=O) groups is 1. The van der Waals surface area contributed by atoms with Crippen molar-refractivity contribution in [3.05, 3.63) is 59.2 Å². The molecule has 3 aromatic heterocycles. The zero-order chi connectivity index (χ0) is 19.4. The summed E-state index contributed by atoms with van der Waals surface area (Å²) >= 11 is 0. The molecule has 0 aliphatic heterocycles. The smallest absolute Gasteiger partial charge is 0.254 e. The van der Waals surface area contributed by atoms with Gasteiger partial charge in [-0.3, -0.25) is 9.78 Å². The number of rotatable bonds is 6. The molecule has 1 amide bonds. The third-order valence-electron chi connectivity index (χ3n) is 3.78. The van der Waals surface area contributed by atoms with Crippen LogP contribution in [0.1, 0.15) is 27.6 Å². The Morgan fingerprint density at radius 2 is 2.00 bits per heavy atom. The molecule has 140 valence electrons. The van der Waals surface area contributed by atoms with Gasteiger partial charge in [-0.2, -0.15) is 5.10 Å². The van der Waals surface area contributed by atoms with E-state index in [9.17, 15) is 9.18 Å². The molecule has 3 aromatic rings. The summed E-state index contributed by atoms with van der Waals surface area (Å²) in [6.45, 7) is 6.40. The second-order valence-electron chi connectivity index (χ2n) is 6.04. The molecule has 0 bridgehead atoms. The van der Waals surface area contributed by atoms with Crippen LogP contribution in [0.3, 0.4) is 0 Å². The summed E-state index contributed by atoms with van der Waals surface area (Å²) in [6, 6.07) is 5.10. The Morgan fingerprint density at radius 1 is 1.19 bits per heavy atom. The van der Waals surface area contributed by atoms with Crippen molar-refractivity contribution in [3.8, 4) is 5.82 Å². The highest BCUT2D eigenvalue weighted by atomic mass is 19.1. The molecular weight excluding hydrogens is 349 g/mol. The van der Waals surface area contributed by atoms with Crippen molar-refractivity contribution in [2.24, 2.45) is 0 Å². The maximum absolute atomic E-state index is 13.5. The van der Waals surface area contributed by atoms with E-state index in [1.807, 2.05) is 19.9 Å². The maximum Gasteiger partial charge on any atom is 0.254 e. The van der Waals surface area contributed by atoms with Gasteiger partial charge in [-0.1, -0.05) is 0 Å². The zero-order valence-electron chi connectivity index (χ0n) is 15.3. The van der Waals surface area contributed by atoms with Gasteiger partial charge in [-0.15, -0.1) is 0 Å². The number of anilines is 1. The number of halogens is 1. The van der Waals surface area contributed by atoms with Gasteiger partial charge >= 0.3 is 0 Å². The molecule has 0 aromatic carbocycles. The number of carbonyl (C=O) groups excluding carboxylic acids is 1. The third-order valence-corrected chi connectivity index (χ3v) is 3.78. The number of hydrogen-bond acceptors (Lipinski definition) is 6. The molecule has 0 spiro atoms. The molecule has 3 heterocycles. The lowest BCUT2D eigenvalue weighted by atomic mass is 10.2. The highest BCUT2D eigenvalue weighted by Crippen LogP contribution is 2.13. The molecule has 0 aliphatic rings. The van der Waals surface area contributed by atoms with Crippen molar-refractivity contribution in [3.63, 3.8) is 0 Å². The largest absolute Gasteiger partial charge is 0.368 e. The summed E-state index contributed by atoms with van der Waals surface area (Å²) < 4.78 is 15.3. The van der Waals surface area contributed by atoms with E-state index in [1.165, 1.54) is 12.3 Å². The minimum Gasteiger partial charge on any atom is -0.368 e. The maximum atomic E-state index is 13.5. The Hall–Kier alpha value is -3.36. The first-order chi connectivity index (χ1) is 12.9. The van der Waals surface area contributed by atoms with E-state index in [2.05, 4.69) is 30.7 Å². The normalized spacial score (nSPS) is 10.7. The number of amides is 1. The van der Waals surface area contributed by atoms with Crippen molar-refractivity contribution in [1.29, 1.82) is 0 Å². The van der Waals surface area contributed by atoms with E-state index < -0.39 is 11.7 Å². The van der Waals surface area contributed by atoms with Gasteiger partial charge in [0, 0.05) is 31.0 Å². The summed E-state index contributed by atoms with van der Waals surface area (Å²) in [5.74, 6) is 0.751. The SMILES string of the molecule is Cc1cc(C)n(-c2cc(NCCNC(=O)c3ccncc3F)nc(C)n2)n1. The molecule has 0 unspecified atom stereocenters. The lowest BCUT2D eigenvalue weighted by Gasteiger charge is -2.10. The lowest BCUT2D eigenvalue weighted by molar-refractivity contribution is 0.0951. The molecule has 0 fully saturated rings. The summed E-state index contributed by atoms with van der Waals surface area (Å²) in [6.07, 6.45) is 2.39. The molecule has 27 heavy (non-hydrogen) atoms. The van der Waals surface area contributed by atoms with Gasteiger partial charge in [0.25, 0.3) is 5.91 Å². The van der Waals surface area contributed by atoms with Gasteiger partial charge in [0.2, 0.25) is 0 Å². The Bertz CT molecular complexity index is 970. The second kappa shape index (κ2) is 7.90. The van der Waals surface area contributed by atoms with E-state index in [1.54, 1.807) is 17.7 Å². The Kier molecular flexibility index (Phi) is 5.39. The molecule has 9 heteroatoms. The second-order valence-corrected chi connectivity index (χ2v) is 6.04. The molecule has 0 atom stereocenters. The fourth-order valence-electron chi connectivity index (χ4n) is 2.63. The van der Waals surface area contributed by atoms with Crippen LogP contribution < -0.4 is 10.6 Å². The predicted octanol–water partition coefficient (Wildman–Crippen LogP) is 1.96. The van der Waals surface area contributed by atoms with Crippen LogP contribution in [0.5, 0.6) is 0 Å². The van der Waals surface area contributed by atoms with Crippen molar-refractivity contribution in [2.75, 3.05) is 18.4 Å². The number of aryl methyl sites for hydroxylation is 3. The molecule has 8 nitrogen and oxygen atoms in total. The van der Waals surface area contributed by atoms with E-state index in [0.29, 0.717) is 30.5 Å². The van der Waals surface area contributed by atoms with Gasteiger partial charge in [0.05, 0.1) is 17.5 Å². The first kappa shape index (κ1) is 18.4. The minimum atomic E-state index is -0.649. The van der Waals surface area contributed by atoms with Crippen LogP contribution in [-0.4, -0.2) is 43.7 Å². The van der Waals surface area contributed by atoms with Crippen molar-refractivity contribution < 1.29 is 9.18 Å². The molecule has 0 aliphatic carbocycles. The highest BCUT2D eigenvalue weighted by Gasteiger charge is 2.11. The summed E-state index contributed by atoms with van der Waals surface area (Å²) in [5.41, 5.74) is 1.85. The number of aromatic nitrogens is 5. The average molecular weight is 369 g/mol.